The largest absolute Gasteiger partial charge is 0.460 e. The van der Waals surface area contributed by atoms with Gasteiger partial charge < -0.3 is 15.0 Å². The third-order valence-electron chi connectivity index (χ3n) is 4.23. The van der Waals surface area contributed by atoms with Gasteiger partial charge in [0.05, 0.1) is 21.3 Å². The van der Waals surface area contributed by atoms with E-state index < -0.39 is 5.97 Å². The number of halogens is 1. The van der Waals surface area contributed by atoms with Gasteiger partial charge in [-0.15, -0.1) is 11.3 Å². The SMILES string of the molecule is N=C(c1ccc(C(=O)OCCNC(=O)c2ccc(Cl)s2)cc1)N1CCCC1. The molecule has 0 radical (unpaired) electrons. The molecule has 1 aliphatic heterocycles. The lowest BCUT2D eigenvalue weighted by molar-refractivity contribution is 0.0503. The van der Waals surface area contributed by atoms with Crippen LogP contribution in [0.25, 0.3) is 0 Å². The van der Waals surface area contributed by atoms with Crippen molar-refractivity contribution < 1.29 is 14.3 Å². The number of carbonyl (C=O) groups is 2. The third kappa shape index (κ3) is 5.08. The first-order valence-electron chi connectivity index (χ1n) is 8.69. The van der Waals surface area contributed by atoms with Crippen LogP contribution in [0.1, 0.15) is 38.4 Å². The van der Waals surface area contributed by atoms with Crippen LogP contribution in [0, 0.1) is 5.41 Å². The number of benzene rings is 1. The average Bonchev–Trinajstić information content (AvgIpc) is 3.36. The molecule has 0 atom stereocenters. The molecule has 1 fully saturated rings. The van der Waals surface area contributed by atoms with Crippen LogP contribution in [0.4, 0.5) is 0 Å². The number of amidine groups is 1. The molecule has 1 aromatic carbocycles. The number of nitrogens with one attached hydrogen (secondary N) is 2. The number of hydrogen-bond acceptors (Lipinski definition) is 5. The normalized spacial score (nSPS) is 13.4. The van der Waals surface area contributed by atoms with Gasteiger partial charge in [-0.05, 0) is 37.1 Å². The Morgan fingerprint density at radius 1 is 1.11 bits per heavy atom. The molecule has 2 heterocycles. The van der Waals surface area contributed by atoms with E-state index in [1.54, 1.807) is 36.4 Å². The third-order valence-corrected chi connectivity index (χ3v) is 5.46. The number of likely N-dealkylation sites (tertiary alicyclic amines) is 1. The average molecular weight is 406 g/mol. The van der Waals surface area contributed by atoms with Gasteiger partial charge in [-0.25, -0.2) is 4.79 Å². The van der Waals surface area contributed by atoms with Gasteiger partial charge in [-0.1, -0.05) is 23.7 Å². The highest BCUT2D eigenvalue weighted by atomic mass is 35.5. The second-order valence-corrected chi connectivity index (χ2v) is 7.83. The molecule has 8 heteroatoms. The lowest BCUT2D eigenvalue weighted by Gasteiger charge is -2.18. The molecule has 0 bridgehead atoms. The molecule has 0 aliphatic carbocycles. The van der Waals surface area contributed by atoms with Crippen molar-refractivity contribution in [2.24, 2.45) is 0 Å². The van der Waals surface area contributed by atoms with E-state index in [0.717, 1.165) is 31.5 Å². The second kappa shape index (κ2) is 9.01. The van der Waals surface area contributed by atoms with E-state index in [2.05, 4.69) is 5.32 Å². The molecule has 0 unspecified atom stereocenters. The highest BCUT2D eigenvalue weighted by molar-refractivity contribution is 7.17. The first kappa shape index (κ1) is 19.4. The van der Waals surface area contributed by atoms with Gasteiger partial charge in [0, 0.05) is 18.7 Å². The van der Waals surface area contributed by atoms with Crippen molar-refractivity contribution in [1.82, 2.24) is 10.2 Å². The van der Waals surface area contributed by atoms with Crippen molar-refractivity contribution in [2.45, 2.75) is 12.8 Å². The monoisotopic (exact) mass is 405 g/mol. The summed E-state index contributed by atoms with van der Waals surface area (Å²) in [6.07, 6.45) is 2.23. The maximum absolute atomic E-state index is 12.1. The zero-order valence-electron chi connectivity index (χ0n) is 14.7. The smallest absolute Gasteiger partial charge is 0.338 e. The van der Waals surface area contributed by atoms with Gasteiger partial charge in [0.2, 0.25) is 0 Å². The van der Waals surface area contributed by atoms with E-state index in [9.17, 15) is 9.59 Å². The highest BCUT2D eigenvalue weighted by Gasteiger charge is 2.17. The molecule has 3 rings (SSSR count). The Balaban J connectivity index is 1.44. The van der Waals surface area contributed by atoms with E-state index in [1.807, 2.05) is 4.90 Å². The summed E-state index contributed by atoms with van der Waals surface area (Å²) in [6.45, 7) is 2.12. The molecule has 0 spiro atoms. The maximum atomic E-state index is 12.1. The van der Waals surface area contributed by atoms with Crippen LogP contribution in [-0.4, -0.2) is 48.9 Å². The van der Waals surface area contributed by atoms with E-state index in [0.29, 0.717) is 20.6 Å². The molecule has 142 valence electrons. The molecule has 1 saturated heterocycles. The lowest BCUT2D eigenvalue weighted by atomic mass is 10.1. The quantitative estimate of drug-likeness (QED) is 0.334. The number of carbonyl (C=O) groups excluding carboxylic acids is 2. The van der Waals surface area contributed by atoms with Crippen molar-refractivity contribution in [2.75, 3.05) is 26.2 Å². The van der Waals surface area contributed by atoms with Gasteiger partial charge in [0.1, 0.15) is 12.4 Å². The molecule has 2 aromatic rings. The summed E-state index contributed by atoms with van der Waals surface area (Å²) in [5.74, 6) is -0.209. The Labute approximate surface area is 166 Å². The van der Waals surface area contributed by atoms with Crippen LogP contribution >= 0.6 is 22.9 Å². The van der Waals surface area contributed by atoms with E-state index in [1.165, 1.54) is 11.3 Å². The molecular weight excluding hydrogens is 386 g/mol. The number of esters is 1. The summed E-state index contributed by atoms with van der Waals surface area (Å²) in [7, 11) is 0. The van der Waals surface area contributed by atoms with Crippen LogP contribution in [0.15, 0.2) is 36.4 Å². The zero-order valence-corrected chi connectivity index (χ0v) is 16.2. The maximum Gasteiger partial charge on any atom is 0.338 e. The van der Waals surface area contributed by atoms with E-state index in [4.69, 9.17) is 21.7 Å². The van der Waals surface area contributed by atoms with E-state index in [-0.39, 0.29) is 19.1 Å². The van der Waals surface area contributed by atoms with E-state index >= 15 is 0 Å². The molecule has 27 heavy (non-hydrogen) atoms. The summed E-state index contributed by atoms with van der Waals surface area (Å²) in [5.41, 5.74) is 1.21. The van der Waals surface area contributed by atoms with Crippen molar-refractivity contribution in [3.8, 4) is 0 Å². The Morgan fingerprint density at radius 3 is 2.41 bits per heavy atom. The molecule has 2 N–H and O–H groups in total. The van der Waals surface area contributed by atoms with Gasteiger partial charge in [0.15, 0.2) is 0 Å². The highest BCUT2D eigenvalue weighted by Crippen LogP contribution is 2.21. The minimum Gasteiger partial charge on any atom is -0.460 e. The predicted octanol–water partition coefficient (Wildman–Crippen LogP) is 3.41. The fourth-order valence-electron chi connectivity index (χ4n) is 2.80. The van der Waals surface area contributed by atoms with Gasteiger partial charge in [0.25, 0.3) is 5.91 Å². The summed E-state index contributed by atoms with van der Waals surface area (Å²) in [5, 5.41) is 10.9. The zero-order chi connectivity index (χ0) is 19.2. The lowest BCUT2D eigenvalue weighted by Crippen LogP contribution is -2.28. The Bertz CT molecular complexity index is 829. The van der Waals surface area contributed by atoms with Crippen molar-refractivity contribution in [3.63, 3.8) is 0 Å². The number of hydrogen-bond donors (Lipinski definition) is 2. The minimum atomic E-state index is -0.456. The van der Waals surface area contributed by atoms with Crippen molar-refractivity contribution >= 4 is 40.6 Å². The standard InChI is InChI=1S/C19H20ClN3O3S/c20-16-8-7-15(27-16)18(24)22-9-12-26-19(25)14-5-3-13(4-6-14)17(21)23-10-1-2-11-23/h3-8,21H,1-2,9-12H2,(H,22,24). The van der Waals surface area contributed by atoms with Crippen molar-refractivity contribution in [1.29, 1.82) is 5.41 Å². The molecule has 1 aliphatic rings. The molecule has 1 amide bonds. The number of nitrogens with zero attached hydrogens (tertiary/aromatic N) is 1. The fraction of sp³-hybridized carbons (Fsp3) is 0.316. The fourth-order valence-corrected chi connectivity index (χ4v) is 3.76. The summed E-state index contributed by atoms with van der Waals surface area (Å²) >= 11 is 6.99. The molecule has 1 aromatic heterocycles. The van der Waals surface area contributed by atoms with Crippen LogP contribution in [-0.2, 0) is 4.74 Å². The van der Waals surface area contributed by atoms with Crippen LogP contribution < -0.4 is 5.32 Å². The Morgan fingerprint density at radius 2 is 1.78 bits per heavy atom. The molecule has 0 saturated carbocycles. The Hall–Kier alpha value is -2.38. The predicted molar refractivity (Wildman–Crippen MR) is 106 cm³/mol. The van der Waals surface area contributed by atoms with Gasteiger partial charge in [-0.2, -0.15) is 0 Å². The number of rotatable bonds is 6. The summed E-state index contributed by atoms with van der Waals surface area (Å²) < 4.78 is 5.73. The van der Waals surface area contributed by atoms with Crippen LogP contribution in [0.2, 0.25) is 4.34 Å². The second-order valence-electron chi connectivity index (χ2n) is 6.12. The first-order chi connectivity index (χ1) is 13.0. The number of ether oxygens (including phenoxy) is 1. The number of thiophene rings is 1. The minimum absolute atomic E-state index is 0.0784. The first-order valence-corrected chi connectivity index (χ1v) is 9.88. The number of amides is 1. The Kier molecular flexibility index (Phi) is 6.47. The summed E-state index contributed by atoms with van der Waals surface area (Å²) in [6, 6.07) is 10.2. The van der Waals surface area contributed by atoms with Gasteiger partial charge in [-0.3, -0.25) is 10.2 Å². The topological polar surface area (TPSA) is 82.5 Å². The van der Waals surface area contributed by atoms with Crippen LogP contribution in [0.3, 0.4) is 0 Å². The van der Waals surface area contributed by atoms with Crippen LogP contribution in [0.5, 0.6) is 0 Å². The van der Waals surface area contributed by atoms with Gasteiger partial charge >= 0.3 is 5.97 Å². The molecule has 6 nitrogen and oxygen atoms in total. The summed E-state index contributed by atoms with van der Waals surface area (Å²) in [4.78, 5) is 26.5. The van der Waals surface area contributed by atoms with Crippen molar-refractivity contribution in [3.05, 3.63) is 56.7 Å². The molecular formula is C19H20ClN3O3S.